The second-order valence-corrected chi connectivity index (χ2v) is 6.49. The zero-order chi connectivity index (χ0) is 16.1. The topological polar surface area (TPSA) is 71.9 Å². The molecule has 1 aromatic rings. The summed E-state index contributed by atoms with van der Waals surface area (Å²) in [4.78, 5) is 40.4. The first-order chi connectivity index (χ1) is 11.1. The van der Waals surface area contributed by atoms with Gasteiger partial charge in [-0.15, -0.1) is 0 Å². The summed E-state index contributed by atoms with van der Waals surface area (Å²) in [6.07, 6.45) is 3.47. The summed E-state index contributed by atoms with van der Waals surface area (Å²) in [5.74, 6) is -0.235. The van der Waals surface area contributed by atoms with Gasteiger partial charge in [-0.25, -0.2) is 4.79 Å². The number of pyridine rings is 1. The average Bonchev–Trinajstić information content (AvgIpc) is 3.31. The highest BCUT2D eigenvalue weighted by molar-refractivity contribution is 5.95. The van der Waals surface area contributed by atoms with E-state index >= 15 is 0 Å². The van der Waals surface area contributed by atoms with E-state index in [0.29, 0.717) is 31.8 Å². The fourth-order valence-electron chi connectivity index (χ4n) is 3.37. The van der Waals surface area contributed by atoms with Crippen LogP contribution in [0, 0.1) is 6.92 Å². The molecule has 1 aromatic heterocycles. The molecule has 3 fully saturated rings. The first-order valence-corrected chi connectivity index (χ1v) is 8.00. The molecule has 0 aromatic carbocycles. The molecule has 1 unspecified atom stereocenters. The molecule has 4 rings (SSSR count). The minimum absolute atomic E-state index is 0.102. The highest BCUT2D eigenvalue weighted by Gasteiger charge is 2.39. The summed E-state index contributed by atoms with van der Waals surface area (Å²) in [5, 5.41) is 0. The monoisotopic (exact) mass is 317 g/mol. The number of aryl methyl sites for hydroxylation is 1. The molecule has 2 aliphatic heterocycles. The summed E-state index contributed by atoms with van der Waals surface area (Å²) in [6.45, 7) is 3.41. The SMILES string of the molecule is Cc1ccn(C2CC2)c(=O)c1C(=O)N1CCN2C(=O)OCC2C1. The van der Waals surface area contributed by atoms with Crippen LogP contribution in [0.15, 0.2) is 17.1 Å². The van der Waals surface area contributed by atoms with Crippen LogP contribution in [0.1, 0.15) is 34.8 Å². The molecule has 3 aliphatic rings. The van der Waals surface area contributed by atoms with Crippen LogP contribution in [0.3, 0.4) is 0 Å². The molecule has 1 saturated carbocycles. The highest BCUT2D eigenvalue weighted by Crippen LogP contribution is 2.33. The number of amides is 2. The van der Waals surface area contributed by atoms with Crippen LogP contribution in [0.25, 0.3) is 0 Å². The number of hydrogen-bond acceptors (Lipinski definition) is 4. The second kappa shape index (κ2) is 5.11. The van der Waals surface area contributed by atoms with Gasteiger partial charge in [-0.2, -0.15) is 0 Å². The number of fused-ring (bicyclic) bond motifs is 1. The van der Waals surface area contributed by atoms with Crippen LogP contribution in [-0.4, -0.2) is 58.7 Å². The third-order valence-corrected chi connectivity index (χ3v) is 4.89. The summed E-state index contributed by atoms with van der Waals surface area (Å²) in [6, 6.07) is 1.98. The molecule has 1 aliphatic carbocycles. The van der Waals surface area contributed by atoms with Gasteiger partial charge in [0.15, 0.2) is 0 Å². The van der Waals surface area contributed by atoms with Crippen LogP contribution in [0.5, 0.6) is 0 Å². The molecule has 122 valence electrons. The maximum Gasteiger partial charge on any atom is 0.410 e. The predicted octanol–water partition coefficient (Wildman–Crippen LogP) is 0.768. The van der Waals surface area contributed by atoms with E-state index in [4.69, 9.17) is 4.74 Å². The maximum atomic E-state index is 12.9. The largest absolute Gasteiger partial charge is 0.447 e. The minimum atomic E-state index is -0.311. The normalized spacial score (nSPS) is 23.7. The number of aromatic nitrogens is 1. The van der Waals surface area contributed by atoms with E-state index in [9.17, 15) is 14.4 Å². The number of ether oxygens (including phenoxy) is 1. The van der Waals surface area contributed by atoms with Crippen LogP contribution >= 0.6 is 0 Å². The zero-order valence-electron chi connectivity index (χ0n) is 13.0. The number of carbonyl (C=O) groups excluding carboxylic acids is 2. The Morgan fingerprint density at radius 1 is 1.22 bits per heavy atom. The molecule has 23 heavy (non-hydrogen) atoms. The molecule has 0 N–H and O–H groups in total. The van der Waals surface area contributed by atoms with Crippen molar-refractivity contribution in [3.8, 4) is 0 Å². The molecule has 0 radical (unpaired) electrons. The van der Waals surface area contributed by atoms with Crippen molar-refractivity contribution in [1.82, 2.24) is 14.4 Å². The van der Waals surface area contributed by atoms with Gasteiger partial charge in [0.25, 0.3) is 11.5 Å². The van der Waals surface area contributed by atoms with Gasteiger partial charge in [0.05, 0.1) is 6.04 Å². The van der Waals surface area contributed by atoms with Gasteiger partial charge >= 0.3 is 6.09 Å². The Morgan fingerprint density at radius 2 is 2.00 bits per heavy atom. The Bertz CT molecular complexity index is 737. The van der Waals surface area contributed by atoms with E-state index in [1.54, 1.807) is 27.5 Å². The fraction of sp³-hybridized carbons (Fsp3) is 0.562. The van der Waals surface area contributed by atoms with E-state index in [2.05, 4.69) is 0 Å². The van der Waals surface area contributed by atoms with Crippen LogP contribution in [-0.2, 0) is 4.74 Å². The molecule has 3 heterocycles. The molecule has 1 atom stereocenters. The first-order valence-electron chi connectivity index (χ1n) is 8.00. The van der Waals surface area contributed by atoms with Crippen molar-refractivity contribution in [3.05, 3.63) is 33.7 Å². The third-order valence-electron chi connectivity index (χ3n) is 4.89. The quantitative estimate of drug-likeness (QED) is 0.808. The van der Waals surface area contributed by atoms with Gasteiger partial charge in [-0.1, -0.05) is 0 Å². The number of nitrogens with zero attached hydrogens (tertiary/aromatic N) is 3. The van der Waals surface area contributed by atoms with Crippen molar-refractivity contribution >= 4 is 12.0 Å². The van der Waals surface area contributed by atoms with Crippen LogP contribution in [0.4, 0.5) is 4.79 Å². The molecule has 0 bridgehead atoms. The summed E-state index contributed by atoms with van der Waals surface area (Å²) in [7, 11) is 0. The van der Waals surface area contributed by atoms with Crippen molar-refractivity contribution in [2.45, 2.75) is 31.8 Å². The number of cyclic esters (lactones) is 1. The predicted molar refractivity (Wildman–Crippen MR) is 81.5 cm³/mol. The summed E-state index contributed by atoms with van der Waals surface area (Å²) < 4.78 is 6.70. The van der Waals surface area contributed by atoms with Gasteiger partial charge in [0.2, 0.25) is 0 Å². The molecular formula is C16H19N3O4. The Hall–Kier alpha value is -2.31. The Labute approximate surface area is 133 Å². The van der Waals surface area contributed by atoms with E-state index in [1.807, 2.05) is 6.07 Å². The van der Waals surface area contributed by atoms with Crippen molar-refractivity contribution in [3.63, 3.8) is 0 Å². The van der Waals surface area contributed by atoms with Crippen LogP contribution < -0.4 is 5.56 Å². The lowest BCUT2D eigenvalue weighted by Gasteiger charge is -2.35. The molecule has 7 heteroatoms. The fourth-order valence-corrected chi connectivity index (χ4v) is 3.37. The Morgan fingerprint density at radius 3 is 2.74 bits per heavy atom. The Kier molecular flexibility index (Phi) is 3.18. The van der Waals surface area contributed by atoms with Crippen molar-refractivity contribution < 1.29 is 14.3 Å². The number of hydrogen-bond donors (Lipinski definition) is 0. The van der Waals surface area contributed by atoms with E-state index in [0.717, 1.165) is 12.8 Å². The second-order valence-electron chi connectivity index (χ2n) is 6.49. The molecule has 2 saturated heterocycles. The third kappa shape index (κ3) is 2.31. The first kappa shape index (κ1) is 14.3. The smallest absolute Gasteiger partial charge is 0.410 e. The number of piperazine rings is 1. The van der Waals surface area contributed by atoms with Gasteiger partial charge in [0, 0.05) is 31.9 Å². The van der Waals surface area contributed by atoms with Crippen molar-refractivity contribution in [2.24, 2.45) is 0 Å². The van der Waals surface area contributed by atoms with E-state index < -0.39 is 0 Å². The number of rotatable bonds is 2. The highest BCUT2D eigenvalue weighted by atomic mass is 16.6. The average molecular weight is 317 g/mol. The maximum absolute atomic E-state index is 12.9. The summed E-state index contributed by atoms with van der Waals surface area (Å²) >= 11 is 0. The Balaban J connectivity index is 1.61. The van der Waals surface area contributed by atoms with Gasteiger partial charge in [-0.05, 0) is 31.4 Å². The molecule has 7 nitrogen and oxygen atoms in total. The lowest BCUT2D eigenvalue weighted by atomic mass is 10.1. The standard InChI is InChI=1S/C16H19N3O4/c1-10-4-5-18(11-2-3-11)15(21)13(10)14(20)17-6-7-19-12(8-17)9-23-16(19)22/h4-5,11-12H,2-3,6-9H2,1H3. The molecule has 2 amide bonds. The van der Waals surface area contributed by atoms with E-state index in [-0.39, 0.29) is 35.2 Å². The van der Waals surface area contributed by atoms with E-state index in [1.165, 1.54) is 0 Å². The zero-order valence-corrected chi connectivity index (χ0v) is 13.0. The van der Waals surface area contributed by atoms with Crippen molar-refractivity contribution in [1.29, 1.82) is 0 Å². The van der Waals surface area contributed by atoms with Gasteiger partial charge in [-0.3, -0.25) is 14.5 Å². The lowest BCUT2D eigenvalue weighted by molar-refractivity contribution is 0.0613. The number of carbonyl (C=O) groups is 2. The van der Waals surface area contributed by atoms with Gasteiger partial charge < -0.3 is 14.2 Å². The lowest BCUT2D eigenvalue weighted by Crippen LogP contribution is -2.54. The molecular weight excluding hydrogens is 298 g/mol. The minimum Gasteiger partial charge on any atom is -0.447 e. The summed E-state index contributed by atoms with van der Waals surface area (Å²) in [5.41, 5.74) is 0.773. The van der Waals surface area contributed by atoms with Gasteiger partial charge in [0.1, 0.15) is 12.2 Å². The van der Waals surface area contributed by atoms with Crippen molar-refractivity contribution in [2.75, 3.05) is 26.2 Å². The molecule has 0 spiro atoms. The van der Waals surface area contributed by atoms with Crippen LogP contribution in [0.2, 0.25) is 0 Å².